The maximum Gasteiger partial charge on any atom is 0.0210 e. The molecule has 0 amide bonds. The zero-order valence-corrected chi connectivity index (χ0v) is 11.7. The van der Waals surface area contributed by atoms with E-state index in [0.29, 0.717) is 0 Å². The number of thioether (sulfide) groups is 1. The van der Waals surface area contributed by atoms with Crippen molar-refractivity contribution in [3.05, 3.63) is 0 Å². The molecule has 3 heteroatoms. The molecule has 1 saturated carbocycles. The minimum atomic E-state index is 0.750. The Morgan fingerprint density at radius 3 is 2.81 bits per heavy atom. The minimum Gasteiger partial charge on any atom is -0.312 e. The van der Waals surface area contributed by atoms with Gasteiger partial charge in [-0.25, -0.2) is 0 Å². The molecule has 3 atom stereocenters. The number of nitrogens with one attached hydrogen (secondary N) is 1. The molecule has 2 fully saturated rings. The molecule has 2 aliphatic rings. The van der Waals surface area contributed by atoms with Gasteiger partial charge in [-0.2, -0.15) is 11.8 Å². The van der Waals surface area contributed by atoms with Gasteiger partial charge >= 0.3 is 0 Å². The van der Waals surface area contributed by atoms with Crippen molar-refractivity contribution in [2.24, 2.45) is 5.92 Å². The summed E-state index contributed by atoms with van der Waals surface area (Å²) in [5.41, 5.74) is 0. The highest BCUT2D eigenvalue weighted by Gasteiger charge is 2.38. The predicted octanol–water partition coefficient (Wildman–Crippen LogP) is 2.20. The van der Waals surface area contributed by atoms with Gasteiger partial charge in [-0.1, -0.05) is 6.92 Å². The fourth-order valence-electron chi connectivity index (χ4n) is 2.83. The van der Waals surface area contributed by atoms with E-state index in [0.717, 1.165) is 24.0 Å². The van der Waals surface area contributed by atoms with Crippen LogP contribution in [0.25, 0.3) is 0 Å². The molecule has 0 aromatic heterocycles. The van der Waals surface area contributed by atoms with Crippen molar-refractivity contribution in [3.8, 4) is 0 Å². The molecule has 16 heavy (non-hydrogen) atoms. The lowest BCUT2D eigenvalue weighted by Crippen LogP contribution is -2.36. The van der Waals surface area contributed by atoms with Crippen molar-refractivity contribution in [2.45, 2.75) is 51.2 Å². The van der Waals surface area contributed by atoms with Crippen molar-refractivity contribution in [3.63, 3.8) is 0 Å². The van der Waals surface area contributed by atoms with E-state index in [2.05, 4.69) is 30.3 Å². The number of hydrogen-bond acceptors (Lipinski definition) is 3. The topological polar surface area (TPSA) is 15.3 Å². The Kier molecular flexibility index (Phi) is 4.57. The average Bonchev–Trinajstić information content (AvgIpc) is 3.01. The van der Waals surface area contributed by atoms with Gasteiger partial charge in [0.2, 0.25) is 0 Å². The average molecular weight is 242 g/mol. The highest BCUT2D eigenvalue weighted by atomic mass is 32.2. The van der Waals surface area contributed by atoms with Crippen LogP contribution in [0.1, 0.15) is 33.1 Å². The highest BCUT2D eigenvalue weighted by Crippen LogP contribution is 2.33. The quantitative estimate of drug-likeness (QED) is 0.769. The Hall–Kier alpha value is 0.270. The molecular weight excluding hydrogens is 216 g/mol. The minimum absolute atomic E-state index is 0.750. The molecule has 0 aromatic carbocycles. The maximum atomic E-state index is 3.75. The summed E-state index contributed by atoms with van der Waals surface area (Å²) in [5, 5.41) is 3.75. The molecule has 94 valence electrons. The van der Waals surface area contributed by atoms with E-state index >= 15 is 0 Å². The lowest BCUT2D eigenvalue weighted by atomic mass is 10.1. The third-order valence-electron chi connectivity index (χ3n) is 3.85. The first kappa shape index (κ1) is 12.7. The molecule has 0 aromatic rings. The van der Waals surface area contributed by atoms with Gasteiger partial charge in [0.05, 0.1) is 0 Å². The van der Waals surface area contributed by atoms with E-state index in [4.69, 9.17) is 0 Å². The van der Waals surface area contributed by atoms with Crippen LogP contribution in [0.5, 0.6) is 0 Å². The second kappa shape index (κ2) is 5.74. The molecule has 1 aliphatic heterocycles. The van der Waals surface area contributed by atoms with Crippen LogP contribution in [0.15, 0.2) is 0 Å². The van der Waals surface area contributed by atoms with Gasteiger partial charge in [-0.15, -0.1) is 0 Å². The van der Waals surface area contributed by atoms with Crippen LogP contribution in [0, 0.1) is 5.92 Å². The maximum absolute atomic E-state index is 3.75. The first-order valence-electron chi connectivity index (χ1n) is 6.68. The van der Waals surface area contributed by atoms with Gasteiger partial charge in [0, 0.05) is 24.7 Å². The van der Waals surface area contributed by atoms with E-state index in [-0.39, 0.29) is 0 Å². The van der Waals surface area contributed by atoms with Crippen LogP contribution in [-0.4, -0.2) is 48.1 Å². The number of nitrogens with zero attached hydrogens (tertiary/aromatic N) is 1. The Morgan fingerprint density at radius 1 is 1.44 bits per heavy atom. The van der Waals surface area contributed by atoms with Gasteiger partial charge in [-0.05, 0) is 50.7 Å². The van der Waals surface area contributed by atoms with Crippen LogP contribution in [0.4, 0.5) is 0 Å². The number of rotatable bonds is 6. The number of hydrogen-bond donors (Lipinski definition) is 1. The Balaban J connectivity index is 1.67. The van der Waals surface area contributed by atoms with Crippen molar-refractivity contribution in [1.29, 1.82) is 0 Å². The fraction of sp³-hybridized carbons (Fsp3) is 1.00. The molecule has 2 nitrogen and oxygen atoms in total. The zero-order valence-electron chi connectivity index (χ0n) is 10.9. The van der Waals surface area contributed by atoms with Crippen LogP contribution >= 0.6 is 11.8 Å². The lowest BCUT2D eigenvalue weighted by molar-refractivity contribution is 0.255. The monoisotopic (exact) mass is 242 g/mol. The zero-order chi connectivity index (χ0) is 11.5. The van der Waals surface area contributed by atoms with Crippen LogP contribution in [-0.2, 0) is 0 Å². The summed E-state index contributed by atoms with van der Waals surface area (Å²) >= 11 is 1.96. The second-order valence-electron chi connectivity index (χ2n) is 5.68. The summed E-state index contributed by atoms with van der Waals surface area (Å²) in [6.45, 7) is 7.22. The fourth-order valence-corrected chi connectivity index (χ4v) is 3.52. The molecule has 0 radical (unpaired) electrons. The van der Waals surface area contributed by atoms with E-state index in [9.17, 15) is 0 Å². The Bertz CT molecular complexity index is 218. The molecule has 3 unspecified atom stereocenters. The SMILES string of the molecule is CSCC(C)CNC1CC(C)N(C2CC2)C1. The Morgan fingerprint density at radius 2 is 2.19 bits per heavy atom. The predicted molar refractivity (Wildman–Crippen MR) is 73.1 cm³/mol. The molecule has 1 saturated heterocycles. The van der Waals surface area contributed by atoms with Crippen LogP contribution < -0.4 is 5.32 Å². The first-order chi connectivity index (χ1) is 7.70. The third-order valence-corrected chi connectivity index (χ3v) is 4.75. The largest absolute Gasteiger partial charge is 0.312 e. The third kappa shape index (κ3) is 3.38. The summed E-state index contributed by atoms with van der Waals surface area (Å²) in [6.07, 6.45) is 6.44. The van der Waals surface area contributed by atoms with E-state index in [1.165, 1.54) is 38.1 Å². The molecule has 1 heterocycles. The summed E-state index contributed by atoms with van der Waals surface area (Å²) in [6, 6.07) is 2.49. The highest BCUT2D eigenvalue weighted by molar-refractivity contribution is 7.98. The molecular formula is C13H26N2S. The van der Waals surface area contributed by atoms with Gasteiger partial charge in [0.15, 0.2) is 0 Å². The van der Waals surface area contributed by atoms with Crippen LogP contribution in [0.2, 0.25) is 0 Å². The Labute approximate surface area is 105 Å². The molecule has 1 N–H and O–H groups in total. The van der Waals surface area contributed by atoms with Crippen molar-refractivity contribution in [2.75, 3.05) is 25.1 Å². The van der Waals surface area contributed by atoms with Crippen molar-refractivity contribution >= 4 is 11.8 Å². The second-order valence-corrected chi connectivity index (χ2v) is 6.59. The van der Waals surface area contributed by atoms with E-state index < -0.39 is 0 Å². The first-order valence-corrected chi connectivity index (χ1v) is 8.08. The normalized spacial score (nSPS) is 33.2. The van der Waals surface area contributed by atoms with Gasteiger partial charge in [0.25, 0.3) is 0 Å². The molecule has 2 rings (SSSR count). The van der Waals surface area contributed by atoms with Crippen LogP contribution in [0.3, 0.4) is 0 Å². The van der Waals surface area contributed by atoms with E-state index in [1.54, 1.807) is 0 Å². The van der Waals surface area contributed by atoms with Gasteiger partial charge < -0.3 is 5.32 Å². The summed E-state index contributed by atoms with van der Waals surface area (Å²) in [5.74, 6) is 2.09. The van der Waals surface area contributed by atoms with Gasteiger partial charge in [0.1, 0.15) is 0 Å². The van der Waals surface area contributed by atoms with Crippen molar-refractivity contribution in [1.82, 2.24) is 10.2 Å². The summed E-state index contributed by atoms with van der Waals surface area (Å²) in [7, 11) is 0. The summed E-state index contributed by atoms with van der Waals surface area (Å²) in [4.78, 5) is 2.72. The number of likely N-dealkylation sites (tertiary alicyclic amines) is 1. The standard InChI is InChI=1S/C13H26N2S/c1-10(9-16-3)7-14-12-6-11(2)15(8-12)13-4-5-13/h10-14H,4-9H2,1-3H3. The van der Waals surface area contributed by atoms with Crippen molar-refractivity contribution < 1.29 is 0 Å². The molecule has 0 spiro atoms. The smallest absolute Gasteiger partial charge is 0.0210 e. The molecule has 1 aliphatic carbocycles. The van der Waals surface area contributed by atoms with Gasteiger partial charge in [-0.3, -0.25) is 4.90 Å². The van der Waals surface area contributed by atoms with E-state index in [1.807, 2.05) is 11.8 Å². The lowest BCUT2D eigenvalue weighted by Gasteiger charge is -2.20. The molecule has 0 bridgehead atoms. The summed E-state index contributed by atoms with van der Waals surface area (Å²) < 4.78 is 0.